The van der Waals surface area contributed by atoms with Crippen molar-refractivity contribution in [2.45, 2.75) is 25.9 Å². The van der Waals surface area contributed by atoms with Crippen molar-refractivity contribution in [3.8, 4) is 0 Å². The van der Waals surface area contributed by atoms with Crippen molar-refractivity contribution >= 4 is 5.91 Å². The van der Waals surface area contributed by atoms with E-state index in [-0.39, 0.29) is 5.91 Å². The van der Waals surface area contributed by atoms with Crippen molar-refractivity contribution in [2.24, 2.45) is 11.8 Å². The SMILES string of the molecule is CC[C@@H]1OC[C@H]2CN(C(=O)CN(C)C)CC[C@H]21. The molecule has 0 aromatic heterocycles. The van der Waals surface area contributed by atoms with Crippen LogP contribution < -0.4 is 0 Å². The van der Waals surface area contributed by atoms with Crippen molar-refractivity contribution in [3.63, 3.8) is 0 Å². The predicted octanol–water partition coefficient (Wildman–Crippen LogP) is 0.821. The molecule has 2 rings (SSSR count). The Bertz CT molecular complexity index is 281. The number of likely N-dealkylation sites (N-methyl/N-ethyl adjacent to an activating group) is 1. The highest BCUT2D eigenvalue weighted by molar-refractivity contribution is 5.78. The quantitative estimate of drug-likeness (QED) is 0.732. The maximum Gasteiger partial charge on any atom is 0.236 e. The molecule has 4 nitrogen and oxygen atoms in total. The van der Waals surface area contributed by atoms with Crippen LogP contribution in [-0.4, -0.2) is 62.1 Å². The van der Waals surface area contributed by atoms with Crippen LogP contribution in [0.4, 0.5) is 0 Å². The summed E-state index contributed by atoms with van der Waals surface area (Å²) in [5.41, 5.74) is 0. The number of likely N-dealkylation sites (tertiary alicyclic amines) is 1. The van der Waals surface area contributed by atoms with Gasteiger partial charge in [0, 0.05) is 19.0 Å². The van der Waals surface area contributed by atoms with E-state index in [1.807, 2.05) is 23.9 Å². The highest BCUT2D eigenvalue weighted by Gasteiger charge is 2.40. The number of nitrogens with zero attached hydrogens (tertiary/aromatic N) is 2. The first kappa shape index (κ1) is 12.8. The van der Waals surface area contributed by atoms with Crippen LogP contribution in [-0.2, 0) is 9.53 Å². The molecule has 0 spiro atoms. The molecule has 2 aliphatic heterocycles. The number of carbonyl (C=O) groups excluding carboxylic acids is 1. The predicted molar refractivity (Wildman–Crippen MR) is 66.8 cm³/mol. The van der Waals surface area contributed by atoms with E-state index < -0.39 is 0 Å². The number of hydrogen-bond acceptors (Lipinski definition) is 3. The Morgan fingerprint density at radius 1 is 1.47 bits per heavy atom. The molecule has 0 unspecified atom stereocenters. The summed E-state index contributed by atoms with van der Waals surface area (Å²) >= 11 is 0. The maximum atomic E-state index is 12.0. The van der Waals surface area contributed by atoms with E-state index in [0.29, 0.717) is 24.5 Å². The Kier molecular flexibility index (Phi) is 4.05. The molecule has 0 aliphatic carbocycles. The second-order valence-corrected chi connectivity index (χ2v) is 5.57. The van der Waals surface area contributed by atoms with Crippen molar-refractivity contribution in [3.05, 3.63) is 0 Å². The molecule has 0 N–H and O–H groups in total. The summed E-state index contributed by atoms with van der Waals surface area (Å²) in [7, 11) is 3.88. The van der Waals surface area contributed by atoms with Crippen LogP contribution in [0.15, 0.2) is 0 Å². The number of piperidine rings is 1. The number of carbonyl (C=O) groups is 1. The molecule has 2 fully saturated rings. The van der Waals surface area contributed by atoms with Crippen molar-refractivity contribution in [2.75, 3.05) is 40.3 Å². The Morgan fingerprint density at radius 2 is 2.24 bits per heavy atom. The summed E-state index contributed by atoms with van der Waals surface area (Å²) in [4.78, 5) is 15.9. The third kappa shape index (κ3) is 2.80. The van der Waals surface area contributed by atoms with Gasteiger partial charge in [0.15, 0.2) is 0 Å². The smallest absolute Gasteiger partial charge is 0.236 e. The monoisotopic (exact) mass is 240 g/mol. The third-order valence-electron chi connectivity index (χ3n) is 4.00. The highest BCUT2D eigenvalue weighted by atomic mass is 16.5. The maximum absolute atomic E-state index is 12.0. The number of hydrogen-bond donors (Lipinski definition) is 0. The van der Waals surface area contributed by atoms with Crippen LogP contribution >= 0.6 is 0 Å². The van der Waals surface area contributed by atoms with Gasteiger partial charge in [-0.1, -0.05) is 6.92 Å². The van der Waals surface area contributed by atoms with Gasteiger partial charge >= 0.3 is 0 Å². The second-order valence-electron chi connectivity index (χ2n) is 5.57. The van der Waals surface area contributed by atoms with Crippen LogP contribution in [0.3, 0.4) is 0 Å². The number of amides is 1. The normalized spacial score (nSPS) is 32.9. The van der Waals surface area contributed by atoms with Gasteiger partial charge in [0.05, 0.1) is 19.3 Å². The molecule has 0 bridgehead atoms. The molecular formula is C13H24N2O2. The van der Waals surface area contributed by atoms with Crippen LogP contribution in [0.2, 0.25) is 0 Å². The minimum absolute atomic E-state index is 0.258. The van der Waals surface area contributed by atoms with Gasteiger partial charge in [0.25, 0.3) is 0 Å². The molecule has 2 aliphatic rings. The topological polar surface area (TPSA) is 32.8 Å². The standard InChI is InChI=1S/C13H24N2O2/c1-4-12-11-5-6-15(7-10(11)9-17-12)13(16)8-14(2)3/h10-12H,4-9H2,1-3H3/t10-,11-,12+/m1/s1. The Labute approximate surface area is 104 Å². The van der Waals surface area contributed by atoms with Gasteiger partial charge in [-0.05, 0) is 32.9 Å². The lowest BCUT2D eigenvalue weighted by Crippen LogP contribution is -2.47. The van der Waals surface area contributed by atoms with E-state index in [4.69, 9.17) is 4.74 Å². The molecule has 2 heterocycles. The zero-order valence-electron chi connectivity index (χ0n) is 11.2. The van der Waals surface area contributed by atoms with Gasteiger partial charge in [-0.15, -0.1) is 0 Å². The van der Waals surface area contributed by atoms with Crippen molar-refractivity contribution in [1.82, 2.24) is 9.80 Å². The van der Waals surface area contributed by atoms with E-state index in [0.717, 1.165) is 32.5 Å². The summed E-state index contributed by atoms with van der Waals surface area (Å²) in [6.07, 6.45) is 2.65. The van der Waals surface area contributed by atoms with E-state index in [2.05, 4.69) is 6.92 Å². The van der Waals surface area contributed by atoms with Crippen molar-refractivity contribution in [1.29, 1.82) is 0 Å². The van der Waals surface area contributed by atoms with Gasteiger partial charge in [-0.2, -0.15) is 0 Å². The lowest BCUT2D eigenvalue weighted by molar-refractivity contribution is -0.134. The molecule has 4 heteroatoms. The third-order valence-corrected chi connectivity index (χ3v) is 4.00. The lowest BCUT2D eigenvalue weighted by Gasteiger charge is -2.36. The fourth-order valence-electron chi connectivity index (χ4n) is 3.10. The molecule has 0 aromatic carbocycles. The Morgan fingerprint density at radius 3 is 2.88 bits per heavy atom. The van der Waals surface area contributed by atoms with Gasteiger partial charge < -0.3 is 14.5 Å². The van der Waals surface area contributed by atoms with E-state index in [9.17, 15) is 4.79 Å². The van der Waals surface area contributed by atoms with Gasteiger partial charge in [-0.3, -0.25) is 4.79 Å². The molecule has 98 valence electrons. The fraction of sp³-hybridized carbons (Fsp3) is 0.923. The largest absolute Gasteiger partial charge is 0.378 e. The minimum atomic E-state index is 0.258. The summed E-state index contributed by atoms with van der Waals surface area (Å²) in [6.45, 7) is 5.36. The number of ether oxygens (including phenoxy) is 1. The Balaban J connectivity index is 1.89. The van der Waals surface area contributed by atoms with E-state index in [1.54, 1.807) is 0 Å². The first-order chi connectivity index (χ1) is 8.11. The average molecular weight is 240 g/mol. The summed E-state index contributed by atoms with van der Waals surface area (Å²) in [5.74, 6) is 1.51. The molecule has 0 saturated carbocycles. The van der Waals surface area contributed by atoms with Gasteiger partial charge in [-0.25, -0.2) is 0 Å². The second kappa shape index (κ2) is 5.36. The van der Waals surface area contributed by atoms with Crippen molar-refractivity contribution < 1.29 is 9.53 Å². The zero-order chi connectivity index (χ0) is 12.4. The summed E-state index contributed by atoms with van der Waals surface area (Å²) in [6, 6.07) is 0. The molecule has 17 heavy (non-hydrogen) atoms. The highest BCUT2D eigenvalue weighted by Crippen LogP contribution is 2.35. The van der Waals surface area contributed by atoms with Gasteiger partial charge in [0.1, 0.15) is 0 Å². The summed E-state index contributed by atoms with van der Waals surface area (Å²) in [5, 5.41) is 0. The average Bonchev–Trinajstić information content (AvgIpc) is 2.69. The first-order valence-corrected chi connectivity index (χ1v) is 6.66. The van der Waals surface area contributed by atoms with Crippen LogP contribution in [0.1, 0.15) is 19.8 Å². The van der Waals surface area contributed by atoms with E-state index in [1.165, 1.54) is 0 Å². The number of rotatable bonds is 3. The summed E-state index contributed by atoms with van der Waals surface area (Å²) < 4.78 is 5.81. The zero-order valence-corrected chi connectivity index (χ0v) is 11.2. The first-order valence-electron chi connectivity index (χ1n) is 6.66. The van der Waals surface area contributed by atoms with Crippen LogP contribution in [0.25, 0.3) is 0 Å². The minimum Gasteiger partial charge on any atom is -0.378 e. The molecular weight excluding hydrogens is 216 g/mol. The van der Waals surface area contributed by atoms with Crippen LogP contribution in [0.5, 0.6) is 0 Å². The molecule has 0 radical (unpaired) electrons. The molecule has 3 atom stereocenters. The Hall–Kier alpha value is -0.610. The lowest BCUT2D eigenvalue weighted by atomic mass is 9.83. The van der Waals surface area contributed by atoms with Gasteiger partial charge in [0.2, 0.25) is 5.91 Å². The molecule has 0 aromatic rings. The van der Waals surface area contributed by atoms with E-state index >= 15 is 0 Å². The fourth-order valence-corrected chi connectivity index (χ4v) is 3.10. The van der Waals surface area contributed by atoms with Crippen LogP contribution in [0, 0.1) is 11.8 Å². The molecule has 2 saturated heterocycles. The number of fused-ring (bicyclic) bond motifs is 1. The molecule has 1 amide bonds.